The second-order valence-corrected chi connectivity index (χ2v) is 8.88. The smallest absolute Gasteiger partial charge is 0.276 e. The molecule has 0 radical (unpaired) electrons. The average molecular weight is 446 g/mol. The van der Waals surface area contributed by atoms with Gasteiger partial charge < -0.3 is 4.57 Å². The van der Waals surface area contributed by atoms with E-state index in [0.29, 0.717) is 0 Å². The molecule has 1 heterocycles. The van der Waals surface area contributed by atoms with Crippen LogP contribution in [0.2, 0.25) is 0 Å². The van der Waals surface area contributed by atoms with E-state index in [1.807, 2.05) is 51.1 Å². The third-order valence-electron chi connectivity index (χ3n) is 4.26. The zero-order chi connectivity index (χ0) is 19.6. The number of aryl methyl sites for hydroxylation is 2. The molecule has 0 spiro atoms. The van der Waals surface area contributed by atoms with E-state index in [0.717, 1.165) is 32.7 Å². The molecule has 0 amide bonds. The van der Waals surface area contributed by atoms with Crippen molar-refractivity contribution in [3.8, 4) is 5.69 Å². The third-order valence-corrected chi connectivity index (χ3v) is 6.03. The van der Waals surface area contributed by atoms with Crippen LogP contribution in [-0.4, -0.2) is 19.2 Å². The highest BCUT2D eigenvalue weighted by Crippen LogP contribution is 2.21. The monoisotopic (exact) mass is 445 g/mol. The number of nitrogens with zero attached hydrogens (tertiary/aromatic N) is 2. The molecule has 140 valence electrons. The van der Waals surface area contributed by atoms with Crippen molar-refractivity contribution in [1.29, 1.82) is 0 Å². The maximum Gasteiger partial charge on any atom is 0.276 e. The summed E-state index contributed by atoms with van der Waals surface area (Å²) in [5.74, 6) is 0. The number of nitrogens with one attached hydrogen (secondary N) is 1. The fraction of sp³-hybridized carbons (Fsp3) is 0.150. The Labute approximate surface area is 167 Å². The summed E-state index contributed by atoms with van der Waals surface area (Å²) >= 11 is 3.44. The average Bonchev–Trinajstić information content (AvgIpc) is 2.90. The van der Waals surface area contributed by atoms with Gasteiger partial charge in [-0.2, -0.15) is 13.5 Å². The molecule has 5 nitrogen and oxygen atoms in total. The van der Waals surface area contributed by atoms with Crippen LogP contribution in [0, 0.1) is 20.8 Å². The maximum absolute atomic E-state index is 12.3. The molecule has 3 aromatic rings. The van der Waals surface area contributed by atoms with Crippen LogP contribution in [-0.2, 0) is 10.0 Å². The van der Waals surface area contributed by atoms with E-state index >= 15 is 0 Å². The Kier molecular flexibility index (Phi) is 5.53. The van der Waals surface area contributed by atoms with Gasteiger partial charge in [-0.05, 0) is 63.2 Å². The largest absolute Gasteiger partial charge is 0.318 e. The summed E-state index contributed by atoms with van der Waals surface area (Å²) in [5, 5.41) is 3.95. The molecule has 2 aromatic carbocycles. The lowest BCUT2D eigenvalue weighted by atomic mass is 10.2. The van der Waals surface area contributed by atoms with E-state index in [1.54, 1.807) is 24.3 Å². The van der Waals surface area contributed by atoms with Crippen molar-refractivity contribution >= 4 is 32.2 Å². The second-order valence-electron chi connectivity index (χ2n) is 6.30. The summed E-state index contributed by atoms with van der Waals surface area (Å²) in [5.41, 5.74) is 4.90. The predicted molar refractivity (Wildman–Crippen MR) is 112 cm³/mol. The van der Waals surface area contributed by atoms with Crippen LogP contribution in [0.4, 0.5) is 0 Å². The summed E-state index contributed by atoms with van der Waals surface area (Å²) in [6.07, 6.45) is 1.53. The van der Waals surface area contributed by atoms with E-state index in [2.05, 4.69) is 30.4 Å². The number of sulfonamides is 1. The summed E-state index contributed by atoms with van der Waals surface area (Å²) in [7, 11) is -3.68. The van der Waals surface area contributed by atoms with E-state index in [-0.39, 0.29) is 4.90 Å². The van der Waals surface area contributed by atoms with Gasteiger partial charge in [-0.15, -0.1) is 0 Å². The topological polar surface area (TPSA) is 63.5 Å². The third kappa shape index (κ3) is 4.31. The van der Waals surface area contributed by atoms with Crippen LogP contribution < -0.4 is 4.83 Å². The predicted octanol–water partition coefficient (Wildman–Crippen LogP) is 4.48. The minimum Gasteiger partial charge on any atom is -0.318 e. The van der Waals surface area contributed by atoms with Crippen LogP contribution in [0.15, 0.2) is 69.1 Å². The Hall–Kier alpha value is -2.38. The number of aromatic nitrogens is 1. The molecule has 0 aliphatic carbocycles. The lowest BCUT2D eigenvalue weighted by Gasteiger charge is -2.09. The van der Waals surface area contributed by atoms with Crippen LogP contribution in [0.25, 0.3) is 5.69 Å². The van der Waals surface area contributed by atoms with Gasteiger partial charge in [0.2, 0.25) is 0 Å². The van der Waals surface area contributed by atoms with Gasteiger partial charge in [-0.1, -0.05) is 33.6 Å². The van der Waals surface area contributed by atoms with Gasteiger partial charge >= 0.3 is 0 Å². The standard InChI is InChI=1S/C20H20BrN3O2S/c1-14-4-10-20(11-5-14)27(25,26)23-22-13-17-12-15(2)24(16(17)3)19-8-6-18(21)7-9-19/h4-13,23H,1-3H3/b22-13-. The van der Waals surface area contributed by atoms with Crippen molar-refractivity contribution in [3.63, 3.8) is 0 Å². The molecule has 0 bridgehead atoms. The van der Waals surface area contributed by atoms with E-state index < -0.39 is 10.0 Å². The van der Waals surface area contributed by atoms with Crippen LogP contribution in [0.5, 0.6) is 0 Å². The second kappa shape index (κ2) is 7.70. The molecular weight excluding hydrogens is 426 g/mol. The molecule has 0 fully saturated rings. The lowest BCUT2D eigenvalue weighted by Crippen LogP contribution is -2.18. The quantitative estimate of drug-likeness (QED) is 0.464. The van der Waals surface area contributed by atoms with Crippen molar-refractivity contribution in [1.82, 2.24) is 9.40 Å². The fourth-order valence-corrected chi connectivity index (χ4v) is 3.90. The summed E-state index contributed by atoms with van der Waals surface area (Å²) in [6.45, 7) is 5.89. The van der Waals surface area contributed by atoms with Crippen molar-refractivity contribution in [2.75, 3.05) is 0 Å². The Bertz CT molecular complexity index is 1080. The van der Waals surface area contributed by atoms with Gasteiger partial charge in [0, 0.05) is 27.1 Å². The van der Waals surface area contributed by atoms with Crippen molar-refractivity contribution in [3.05, 3.63) is 81.6 Å². The molecule has 1 aromatic heterocycles. The van der Waals surface area contributed by atoms with E-state index in [1.165, 1.54) is 6.21 Å². The van der Waals surface area contributed by atoms with Gasteiger partial charge in [-0.3, -0.25) is 0 Å². The highest BCUT2D eigenvalue weighted by Gasteiger charge is 2.13. The van der Waals surface area contributed by atoms with Gasteiger partial charge in [0.05, 0.1) is 11.1 Å². The molecule has 0 aliphatic heterocycles. The number of rotatable bonds is 5. The molecule has 7 heteroatoms. The highest BCUT2D eigenvalue weighted by atomic mass is 79.9. The zero-order valence-electron chi connectivity index (χ0n) is 15.3. The molecule has 0 unspecified atom stereocenters. The molecule has 3 rings (SSSR count). The van der Waals surface area contributed by atoms with Gasteiger partial charge in [0.1, 0.15) is 0 Å². The molecule has 1 N–H and O–H groups in total. The highest BCUT2D eigenvalue weighted by molar-refractivity contribution is 9.10. The minimum absolute atomic E-state index is 0.186. The zero-order valence-corrected chi connectivity index (χ0v) is 17.7. The normalized spacial score (nSPS) is 11.9. The molecule has 0 atom stereocenters. The molecular formula is C20H20BrN3O2S. The first kappa shape index (κ1) is 19.4. The van der Waals surface area contributed by atoms with Gasteiger partial charge in [0.25, 0.3) is 10.0 Å². The van der Waals surface area contributed by atoms with Crippen LogP contribution >= 0.6 is 15.9 Å². The summed E-state index contributed by atoms with van der Waals surface area (Å²) in [4.78, 5) is 2.46. The van der Waals surface area contributed by atoms with Crippen molar-refractivity contribution in [2.24, 2.45) is 5.10 Å². The molecule has 27 heavy (non-hydrogen) atoms. The first-order chi connectivity index (χ1) is 12.8. The van der Waals surface area contributed by atoms with Gasteiger partial charge in [0.15, 0.2) is 0 Å². The number of hydrazone groups is 1. The fourth-order valence-electron chi connectivity index (χ4n) is 2.84. The first-order valence-corrected chi connectivity index (χ1v) is 10.6. The number of benzene rings is 2. The minimum atomic E-state index is -3.68. The summed E-state index contributed by atoms with van der Waals surface area (Å²) in [6, 6.07) is 16.6. The van der Waals surface area contributed by atoms with Crippen LogP contribution in [0.3, 0.4) is 0 Å². The van der Waals surface area contributed by atoms with Crippen LogP contribution in [0.1, 0.15) is 22.5 Å². The Morgan fingerprint density at radius 1 is 1.00 bits per heavy atom. The number of hydrogen-bond acceptors (Lipinski definition) is 3. The van der Waals surface area contributed by atoms with E-state index in [9.17, 15) is 8.42 Å². The first-order valence-electron chi connectivity index (χ1n) is 8.34. The maximum atomic E-state index is 12.3. The molecule has 0 saturated heterocycles. The van der Waals surface area contributed by atoms with E-state index in [4.69, 9.17) is 0 Å². The molecule has 0 aliphatic rings. The Balaban J connectivity index is 1.83. The van der Waals surface area contributed by atoms with Crippen molar-refractivity contribution in [2.45, 2.75) is 25.7 Å². The number of hydrogen-bond donors (Lipinski definition) is 1. The molecule has 0 saturated carbocycles. The lowest BCUT2D eigenvalue weighted by molar-refractivity contribution is 0.584. The van der Waals surface area contributed by atoms with Crippen molar-refractivity contribution < 1.29 is 8.42 Å². The number of halogens is 1. The SMILES string of the molecule is Cc1ccc(S(=O)(=O)N/N=C\c2cc(C)n(-c3ccc(Br)cc3)c2C)cc1. The Morgan fingerprint density at radius 2 is 1.63 bits per heavy atom. The Morgan fingerprint density at radius 3 is 2.26 bits per heavy atom. The van der Waals surface area contributed by atoms with Gasteiger partial charge in [-0.25, -0.2) is 4.83 Å². The summed E-state index contributed by atoms with van der Waals surface area (Å²) < 4.78 is 27.7.